The Morgan fingerprint density at radius 2 is 2.10 bits per heavy atom. The van der Waals surface area contributed by atoms with Crippen LogP contribution in [0.15, 0.2) is 35.5 Å². The first-order valence-corrected chi connectivity index (χ1v) is 9.03. The number of pyridine rings is 1. The van der Waals surface area contributed by atoms with Gasteiger partial charge in [0.15, 0.2) is 23.0 Å². The number of carbonyl (C=O) groups is 1. The Hall–Kier alpha value is -2.68. The minimum atomic E-state index is -3.15. The first-order chi connectivity index (χ1) is 13.7. The van der Waals surface area contributed by atoms with Gasteiger partial charge in [-0.15, -0.1) is 0 Å². The summed E-state index contributed by atoms with van der Waals surface area (Å²) in [5.74, 6) is -4.15. The van der Waals surface area contributed by atoms with Gasteiger partial charge >= 0.3 is 0 Å². The van der Waals surface area contributed by atoms with Crippen LogP contribution in [0.2, 0.25) is 5.02 Å². The molecule has 0 unspecified atom stereocenters. The molecule has 29 heavy (non-hydrogen) atoms. The molecule has 2 N–H and O–H groups in total. The maximum Gasteiger partial charge on any atom is 0.283 e. The molecule has 0 radical (unpaired) electrons. The summed E-state index contributed by atoms with van der Waals surface area (Å²) in [5.41, 5.74) is 2.56. The fourth-order valence-corrected chi connectivity index (χ4v) is 3.77. The van der Waals surface area contributed by atoms with E-state index in [9.17, 15) is 22.4 Å². The maximum absolute atomic E-state index is 14.6. The van der Waals surface area contributed by atoms with Crippen molar-refractivity contribution < 1.29 is 27.1 Å². The lowest BCUT2D eigenvalue weighted by Gasteiger charge is -2.33. The Kier molecular flexibility index (Phi) is 4.72. The number of rotatable bonds is 5. The molecule has 0 spiro atoms. The molecule has 0 bridgehead atoms. The summed E-state index contributed by atoms with van der Waals surface area (Å²) in [4.78, 5) is 20.0. The van der Waals surface area contributed by atoms with Gasteiger partial charge in [-0.3, -0.25) is 9.78 Å². The number of alkyl halides is 2. The van der Waals surface area contributed by atoms with Crippen LogP contribution >= 0.6 is 11.6 Å². The van der Waals surface area contributed by atoms with Gasteiger partial charge < -0.3 is 10.5 Å². The zero-order valence-corrected chi connectivity index (χ0v) is 15.5. The number of ether oxygens (including phenoxy) is 1. The Bertz CT molecular complexity index is 1020. The molecule has 2 aromatic rings. The molecule has 1 aliphatic carbocycles. The minimum Gasteiger partial charge on any atom is -0.462 e. The predicted molar refractivity (Wildman–Crippen MR) is 95.9 cm³/mol. The second-order valence-corrected chi connectivity index (χ2v) is 7.41. The number of aliphatic imine (C=N–C) groups is 1. The molecule has 5 nitrogen and oxygen atoms in total. The van der Waals surface area contributed by atoms with E-state index in [1.54, 1.807) is 0 Å². The highest BCUT2D eigenvalue weighted by Crippen LogP contribution is 2.56. The largest absolute Gasteiger partial charge is 0.462 e. The SMILES string of the molecule is NC1=N[C@](c2cc(CC(=O)c3ccc(Cl)cn3)cc(F)c2F)(C(F)F)[C@@H]2C[C@@H]2O1. The molecule has 1 aromatic carbocycles. The third-order valence-electron chi connectivity index (χ3n) is 5.09. The van der Waals surface area contributed by atoms with Crippen molar-refractivity contribution in [1.82, 2.24) is 4.98 Å². The summed E-state index contributed by atoms with van der Waals surface area (Å²) in [6.07, 6.45) is -2.70. The van der Waals surface area contributed by atoms with E-state index in [1.807, 2.05) is 0 Å². The van der Waals surface area contributed by atoms with Gasteiger partial charge in [0.2, 0.25) is 0 Å². The van der Waals surface area contributed by atoms with E-state index in [0.29, 0.717) is 5.02 Å². The van der Waals surface area contributed by atoms with Crippen molar-refractivity contribution in [3.63, 3.8) is 0 Å². The van der Waals surface area contributed by atoms with Gasteiger partial charge in [-0.25, -0.2) is 22.6 Å². The summed E-state index contributed by atoms with van der Waals surface area (Å²) in [5, 5.41) is 0.324. The number of aromatic nitrogens is 1. The van der Waals surface area contributed by atoms with Crippen LogP contribution in [-0.2, 0) is 16.7 Å². The molecular formula is C19H14ClF4N3O2. The zero-order chi connectivity index (χ0) is 20.9. The monoisotopic (exact) mass is 427 g/mol. The molecule has 10 heteroatoms. The van der Waals surface area contributed by atoms with Crippen LogP contribution in [0.1, 0.15) is 28.0 Å². The number of halogens is 5. The number of Topliss-reactive ketones (excluding diaryl/α,β-unsaturated/α-hetero) is 1. The van der Waals surface area contributed by atoms with Gasteiger partial charge in [0.25, 0.3) is 12.4 Å². The van der Waals surface area contributed by atoms with E-state index in [-0.39, 0.29) is 24.1 Å². The number of carbonyl (C=O) groups excluding carboxylic acids is 1. The number of benzene rings is 1. The smallest absolute Gasteiger partial charge is 0.283 e. The van der Waals surface area contributed by atoms with Gasteiger partial charge in [-0.2, -0.15) is 0 Å². The average Bonchev–Trinajstić information content (AvgIpc) is 3.43. The van der Waals surface area contributed by atoms with E-state index in [2.05, 4.69) is 9.98 Å². The highest BCUT2D eigenvalue weighted by Gasteiger charge is 2.64. The van der Waals surface area contributed by atoms with E-state index in [0.717, 1.165) is 12.1 Å². The van der Waals surface area contributed by atoms with Crippen LogP contribution < -0.4 is 5.73 Å². The first-order valence-electron chi connectivity index (χ1n) is 8.65. The van der Waals surface area contributed by atoms with E-state index in [1.165, 1.54) is 18.3 Å². The van der Waals surface area contributed by atoms with Crippen LogP contribution in [0.4, 0.5) is 17.6 Å². The Morgan fingerprint density at radius 1 is 1.34 bits per heavy atom. The van der Waals surface area contributed by atoms with E-state index < -0.39 is 53.0 Å². The molecule has 1 fully saturated rings. The molecule has 2 aliphatic rings. The summed E-state index contributed by atoms with van der Waals surface area (Å²) in [6, 6.07) is 4.16. The molecule has 4 rings (SSSR count). The lowest BCUT2D eigenvalue weighted by molar-refractivity contribution is 0.0172. The molecule has 0 saturated heterocycles. The number of nitrogens with zero attached hydrogens (tertiary/aromatic N) is 2. The van der Waals surface area contributed by atoms with Crippen LogP contribution in [-0.4, -0.2) is 29.3 Å². The van der Waals surface area contributed by atoms with Gasteiger partial charge in [0, 0.05) is 24.1 Å². The molecule has 152 valence electrons. The lowest BCUT2D eigenvalue weighted by atomic mass is 9.83. The van der Waals surface area contributed by atoms with Crippen LogP contribution in [0.3, 0.4) is 0 Å². The van der Waals surface area contributed by atoms with Crippen molar-refractivity contribution in [2.24, 2.45) is 16.6 Å². The highest BCUT2D eigenvalue weighted by atomic mass is 35.5. The third-order valence-corrected chi connectivity index (χ3v) is 5.32. The summed E-state index contributed by atoms with van der Waals surface area (Å²) in [6.45, 7) is 0. The molecule has 2 heterocycles. The van der Waals surface area contributed by atoms with Gasteiger partial charge in [-0.1, -0.05) is 11.6 Å². The number of amidine groups is 1. The number of hydrogen-bond donors (Lipinski definition) is 1. The first kappa shape index (κ1) is 19.6. The van der Waals surface area contributed by atoms with Crippen LogP contribution in [0.25, 0.3) is 0 Å². The third kappa shape index (κ3) is 3.33. The van der Waals surface area contributed by atoms with Gasteiger partial charge in [-0.05, 0) is 36.2 Å². The quantitative estimate of drug-likeness (QED) is 0.584. The molecule has 0 amide bonds. The number of nitrogens with two attached hydrogens (primary N) is 1. The molecular weight excluding hydrogens is 414 g/mol. The number of ketones is 1. The van der Waals surface area contributed by atoms with E-state index in [4.69, 9.17) is 22.1 Å². The highest BCUT2D eigenvalue weighted by molar-refractivity contribution is 6.30. The summed E-state index contributed by atoms with van der Waals surface area (Å²) >= 11 is 5.73. The predicted octanol–water partition coefficient (Wildman–Crippen LogP) is 3.63. The summed E-state index contributed by atoms with van der Waals surface area (Å²) < 4.78 is 62.3. The van der Waals surface area contributed by atoms with Crippen molar-refractivity contribution in [3.8, 4) is 0 Å². The fourth-order valence-electron chi connectivity index (χ4n) is 3.66. The Balaban J connectivity index is 1.75. The lowest BCUT2D eigenvalue weighted by Crippen LogP contribution is -2.43. The zero-order valence-electron chi connectivity index (χ0n) is 14.7. The normalized spacial score (nSPS) is 25.2. The van der Waals surface area contributed by atoms with Crippen molar-refractivity contribution in [3.05, 3.63) is 63.9 Å². The Morgan fingerprint density at radius 3 is 2.76 bits per heavy atom. The molecule has 1 saturated carbocycles. The second-order valence-electron chi connectivity index (χ2n) is 6.98. The topological polar surface area (TPSA) is 77.6 Å². The van der Waals surface area contributed by atoms with Crippen LogP contribution in [0.5, 0.6) is 0 Å². The van der Waals surface area contributed by atoms with Crippen molar-refractivity contribution in [2.75, 3.05) is 0 Å². The maximum atomic E-state index is 14.6. The second kappa shape index (κ2) is 6.98. The molecule has 3 atom stereocenters. The fraction of sp³-hybridized carbons (Fsp3) is 0.316. The molecule has 1 aromatic heterocycles. The average molecular weight is 428 g/mol. The Labute approximate surface area is 167 Å². The van der Waals surface area contributed by atoms with Gasteiger partial charge in [0.05, 0.1) is 5.02 Å². The number of fused-ring (bicyclic) bond motifs is 1. The minimum absolute atomic E-state index is 0.0122. The summed E-state index contributed by atoms with van der Waals surface area (Å²) in [7, 11) is 0. The number of hydrogen-bond acceptors (Lipinski definition) is 5. The van der Waals surface area contributed by atoms with Crippen molar-refractivity contribution >= 4 is 23.4 Å². The van der Waals surface area contributed by atoms with Crippen molar-refractivity contribution in [1.29, 1.82) is 0 Å². The van der Waals surface area contributed by atoms with Crippen LogP contribution in [0, 0.1) is 17.6 Å². The van der Waals surface area contributed by atoms with Gasteiger partial charge in [0.1, 0.15) is 11.8 Å². The van der Waals surface area contributed by atoms with E-state index >= 15 is 0 Å². The molecule has 1 aliphatic heterocycles. The standard InChI is InChI=1S/C19H14ClF4N3O2/c20-9-1-2-13(26-7-9)14(28)5-8-3-11(16(22)12(21)4-8)19(17(23)24)10-6-15(10)29-18(25)27-19/h1-4,7,10,15,17H,5-6H2,(H2,25,27)/t10-,15+,19-/m1/s1. The van der Waals surface area contributed by atoms with Crippen molar-refractivity contribution in [2.45, 2.75) is 30.9 Å².